The van der Waals surface area contributed by atoms with Crippen LogP contribution in [-0.2, 0) is 11.2 Å². The van der Waals surface area contributed by atoms with E-state index in [0.29, 0.717) is 11.4 Å². The van der Waals surface area contributed by atoms with Crippen LogP contribution in [0.1, 0.15) is 40.2 Å². The molecule has 5 heteroatoms. The molecule has 22 heavy (non-hydrogen) atoms. The molecule has 0 saturated carbocycles. The fraction of sp³-hybridized carbons (Fsp3) is 0.588. The summed E-state index contributed by atoms with van der Waals surface area (Å²) < 4.78 is 10.5. The first kappa shape index (κ1) is 18.3. The lowest BCUT2D eigenvalue weighted by atomic mass is 10.1. The van der Waals surface area contributed by atoms with E-state index < -0.39 is 11.8 Å². The van der Waals surface area contributed by atoms with Crippen molar-refractivity contribution >= 4 is 11.8 Å². The summed E-state index contributed by atoms with van der Waals surface area (Å²) in [6, 6.07) is 5.29. The van der Waals surface area contributed by atoms with Crippen molar-refractivity contribution in [3.8, 4) is 5.75 Å². The number of nitrogens with two attached hydrogens (primary N) is 1. The van der Waals surface area contributed by atoms with E-state index >= 15 is 0 Å². The molecule has 0 aliphatic rings. The number of carbonyl (C=O) groups is 1. The van der Waals surface area contributed by atoms with E-state index in [1.807, 2.05) is 6.07 Å². The quantitative estimate of drug-likeness (QED) is 0.495. The van der Waals surface area contributed by atoms with Gasteiger partial charge in [-0.15, -0.1) is 0 Å². The Morgan fingerprint density at radius 3 is 2.41 bits per heavy atom. The number of rotatable bonds is 6. The minimum absolute atomic E-state index is 0.510. The van der Waals surface area contributed by atoms with Crippen molar-refractivity contribution in [3.05, 3.63) is 23.8 Å². The molecule has 0 amide bonds. The minimum Gasteiger partial charge on any atom is -0.428 e. The first-order chi connectivity index (χ1) is 10.2. The van der Waals surface area contributed by atoms with Gasteiger partial charge >= 0.3 is 6.16 Å². The Morgan fingerprint density at radius 1 is 1.23 bits per heavy atom. The number of likely N-dealkylation sites (N-methyl/N-ethyl adjacent to an activating group) is 1. The number of nitrogens with zero attached hydrogens (tertiary/aromatic N) is 1. The van der Waals surface area contributed by atoms with Crippen LogP contribution in [0.5, 0.6) is 5.75 Å². The van der Waals surface area contributed by atoms with Gasteiger partial charge in [0.25, 0.3) is 0 Å². The van der Waals surface area contributed by atoms with Crippen LogP contribution in [0.2, 0.25) is 0 Å². The predicted molar refractivity (Wildman–Crippen MR) is 89.2 cm³/mol. The van der Waals surface area contributed by atoms with E-state index in [2.05, 4.69) is 18.7 Å². The van der Waals surface area contributed by atoms with Gasteiger partial charge in [-0.2, -0.15) is 0 Å². The molecule has 124 valence electrons. The molecule has 0 radical (unpaired) electrons. The largest absolute Gasteiger partial charge is 0.514 e. The van der Waals surface area contributed by atoms with Gasteiger partial charge in [0, 0.05) is 12.2 Å². The lowest BCUT2D eigenvalue weighted by Crippen LogP contribution is -2.27. The number of benzene rings is 1. The summed E-state index contributed by atoms with van der Waals surface area (Å²) in [6.07, 6.45) is 0.0755. The minimum atomic E-state index is -0.693. The maximum Gasteiger partial charge on any atom is 0.514 e. The van der Waals surface area contributed by atoms with Crippen molar-refractivity contribution in [1.29, 1.82) is 0 Å². The molecule has 0 atom stereocenters. The number of nitrogen functional groups attached to an aromatic ring is 1. The van der Waals surface area contributed by atoms with Crippen LogP contribution in [0, 0.1) is 0 Å². The van der Waals surface area contributed by atoms with Gasteiger partial charge in [-0.1, -0.05) is 13.8 Å². The number of carbonyl (C=O) groups excluding carboxylic acids is 1. The molecule has 0 fully saturated rings. The van der Waals surface area contributed by atoms with E-state index in [9.17, 15) is 4.79 Å². The number of ether oxygens (including phenoxy) is 2. The number of hydrogen-bond donors (Lipinski definition) is 1. The molecule has 0 unspecified atom stereocenters. The molecular weight excluding hydrogens is 280 g/mol. The molecule has 5 nitrogen and oxygen atoms in total. The number of anilines is 1. The van der Waals surface area contributed by atoms with Gasteiger partial charge < -0.3 is 20.1 Å². The summed E-state index contributed by atoms with van der Waals surface area (Å²) in [5.41, 5.74) is 6.84. The lowest BCUT2D eigenvalue weighted by Gasteiger charge is -2.21. The van der Waals surface area contributed by atoms with Gasteiger partial charge in [-0.25, -0.2) is 4.79 Å². The fourth-order valence-electron chi connectivity index (χ4n) is 2.07. The van der Waals surface area contributed by atoms with Crippen molar-refractivity contribution in [2.75, 3.05) is 25.4 Å². The first-order valence-corrected chi connectivity index (χ1v) is 7.76. The van der Waals surface area contributed by atoms with Gasteiger partial charge in [-0.3, -0.25) is 0 Å². The van der Waals surface area contributed by atoms with Gasteiger partial charge in [0.15, 0.2) is 0 Å². The topological polar surface area (TPSA) is 64.8 Å². The second-order valence-electron chi connectivity index (χ2n) is 6.21. The van der Waals surface area contributed by atoms with E-state index in [-0.39, 0.29) is 0 Å². The van der Waals surface area contributed by atoms with Crippen LogP contribution in [0.3, 0.4) is 0 Å². The van der Waals surface area contributed by atoms with Gasteiger partial charge in [-0.05, 0) is 64.0 Å². The Kier molecular flexibility index (Phi) is 6.68. The Balaban J connectivity index is 2.80. The second-order valence-corrected chi connectivity index (χ2v) is 6.21. The van der Waals surface area contributed by atoms with Crippen LogP contribution in [0.15, 0.2) is 18.2 Å². The summed E-state index contributed by atoms with van der Waals surface area (Å²) in [6.45, 7) is 12.5. The van der Waals surface area contributed by atoms with Gasteiger partial charge in [0.1, 0.15) is 11.4 Å². The third-order valence-electron chi connectivity index (χ3n) is 3.26. The monoisotopic (exact) mass is 308 g/mol. The van der Waals surface area contributed by atoms with E-state index in [1.165, 1.54) is 0 Å². The third kappa shape index (κ3) is 6.35. The zero-order valence-electron chi connectivity index (χ0n) is 14.3. The zero-order chi connectivity index (χ0) is 16.8. The molecule has 0 aliphatic heterocycles. The van der Waals surface area contributed by atoms with Crippen LogP contribution in [0.4, 0.5) is 10.5 Å². The van der Waals surface area contributed by atoms with Crippen molar-refractivity contribution < 1.29 is 14.3 Å². The van der Waals surface area contributed by atoms with Gasteiger partial charge in [0.2, 0.25) is 0 Å². The molecule has 0 bridgehead atoms. The molecule has 0 heterocycles. The Hall–Kier alpha value is -1.75. The highest BCUT2D eigenvalue weighted by atomic mass is 16.7. The highest BCUT2D eigenvalue weighted by Crippen LogP contribution is 2.23. The van der Waals surface area contributed by atoms with Crippen LogP contribution in [-0.4, -0.2) is 36.3 Å². The normalized spacial score (nSPS) is 11.5. The van der Waals surface area contributed by atoms with Crippen molar-refractivity contribution in [3.63, 3.8) is 0 Å². The van der Waals surface area contributed by atoms with Crippen molar-refractivity contribution in [2.24, 2.45) is 0 Å². The Bertz CT molecular complexity index is 491. The average molecular weight is 308 g/mol. The van der Waals surface area contributed by atoms with Crippen molar-refractivity contribution in [2.45, 2.75) is 46.6 Å². The molecule has 0 saturated heterocycles. The molecule has 0 spiro atoms. The van der Waals surface area contributed by atoms with E-state index in [1.54, 1.807) is 32.9 Å². The summed E-state index contributed by atoms with van der Waals surface area (Å²) in [4.78, 5) is 14.1. The highest BCUT2D eigenvalue weighted by molar-refractivity contribution is 5.65. The molecule has 1 aromatic rings. The summed E-state index contributed by atoms with van der Waals surface area (Å²) in [5.74, 6) is 0.510. The lowest BCUT2D eigenvalue weighted by molar-refractivity contribution is 0.0204. The Morgan fingerprint density at radius 2 is 1.86 bits per heavy atom. The van der Waals surface area contributed by atoms with Crippen molar-refractivity contribution in [1.82, 2.24) is 4.90 Å². The zero-order valence-corrected chi connectivity index (χ0v) is 14.3. The van der Waals surface area contributed by atoms with Crippen LogP contribution < -0.4 is 10.5 Å². The molecule has 1 rings (SSSR count). The molecular formula is C17H28N2O3. The summed E-state index contributed by atoms with van der Waals surface area (Å²) >= 11 is 0. The maximum absolute atomic E-state index is 11.8. The predicted octanol–water partition coefficient (Wildman–Crippen LogP) is 3.47. The average Bonchev–Trinajstić information content (AvgIpc) is 2.40. The molecule has 0 aliphatic carbocycles. The maximum atomic E-state index is 11.8. The smallest absolute Gasteiger partial charge is 0.428 e. The number of hydrogen-bond acceptors (Lipinski definition) is 5. The van der Waals surface area contributed by atoms with E-state index in [0.717, 1.165) is 31.6 Å². The molecule has 2 N–H and O–H groups in total. The molecule has 0 aromatic heterocycles. The fourth-order valence-corrected chi connectivity index (χ4v) is 2.07. The standard InChI is InChI=1S/C17H28N2O3/c1-6-19(7-2)11-10-13-12-14(18)8-9-15(13)21-16(20)22-17(3,4)5/h8-9,12H,6-7,10-11,18H2,1-5H3. The Labute approximate surface area is 133 Å². The van der Waals surface area contributed by atoms with Gasteiger partial charge in [0.05, 0.1) is 0 Å². The summed E-state index contributed by atoms with van der Waals surface area (Å²) in [5, 5.41) is 0. The SMILES string of the molecule is CCN(CC)CCc1cc(N)ccc1OC(=O)OC(C)(C)C. The molecule has 1 aromatic carbocycles. The highest BCUT2D eigenvalue weighted by Gasteiger charge is 2.19. The van der Waals surface area contributed by atoms with E-state index in [4.69, 9.17) is 15.2 Å². The summed E-state index contributed by atoms with van der Waals surface area (Å²) in [7, 11) is 0. The third-order valence-corrected chi connectivity index (χ3v) is 3.26. The second kappa shape index (κ2) is 8.03. The first-order valence-electron chi connectivity index (χ1n) is 7.76. The van der Waals surface area contributed by atoms with Crippen LogP contribution >= 0.6 is 0 Å². The van der Waals surface area contributed by atoms with Crippen LogP contribution in [0.25, 0.3) is 0 Å².